The second-order valence-corrected chi connectivity index (χ2v) is 9.08. The second kappa shape index (κ2) is 8.22. The maximum atomic E-state index is 12.8. The fourth-order valence-corrected chi connectivity index (χ4v) is 5.03. The van der Waals surface area contributed by atoms with Gasteiger partial charge in [-0.3, -0.25) is 9.10 Å². The molecule has 0 radical (unpaired) electrons. The third kappa shape index (κ3) is 4.30. The molecule has 1 aliphatic rings. The van der Waals surface area contributed by atoms with Gasteiger partial charge in [0.05, 0.1) is 24.6 Å². The molecule has 3 rings (SSSR count). The zero-order valence-electron chi connectivity index (χ0n) is 16.4. The van der Waals surface area contributed by atoms with Crippen molar-refractivity contribution in [2.24, 2.45) is 0 Å². The van der Waals surface area contributed by atoms with Crippen molar-refractivity contribution in [3.8, 4) is 5.75 Å². The Kier molecular flexibility index (Phi) is 5.93. The molecule has 28 heavy (non-hydrogen) atoms. The van der Waals surface area contributed by atoms with E-state index in [-0.39, 0.29) is 17.7 Å². The molecule has 0 spiro atoms. The first-order valence-corrected chi connectivity index (χ1v) is 11.0. The van der Waals surface area contributed by atoms with Gasteiger partial charge in [-0.15, -0.1) is 0 Å². The first kappa shape index (κ1) is 20.2. The van der Waals surface area contributed by atoms with Gasteiger partial charge < -0.3 is 10.1 Å². The molecular formula is C21H26N2O4S. The van der Waals surface area contributed by atoms with Crippen LogP contribution in [0.1, 0.15) is 47.3 Å². The van der Waals surface area contributed by atoms with Gasteiger partial charge in [-0.1, -0.05) is 18.2 Å². The van der Waals surface area contributed by atoms with Crippen LogP contribution in [0, 0.1) is 6.92 Å². The van der Waals surface area contributed by atoms with Gasteiger partial charge in [0.2, 0.25) is 10.0 Å². The lowest BCUT2D eigenvalue weighted by molar-refractivity contribution is 0.0940. The van der Waals surface area contributed by atoms with Crippen LogP contribution in [-0.2, 0) is 10.0 Å². The lowest BCUT2D eigenvalue weighted by Gasteiger charge is -2.29. The number of ether oxygens (including phenoxy) is 1. The van der Waals surface area contributed by atoms with Crippen molar-refractivity contribution in [1.29, 1.82) is 0 Å². The van der Waals surface area contributed by atoms with Gasteiger partial charge in [-0.25, -0.2) is 8.42 Å². The van der Waals surface area contributed by atoms with Gasteiger partial charge in [0.1, 0.15) is 5.75 Å². The predicted molar refractivity (Wildman–Crippen MR) is 110 cm³/mol. The fourth-order valence-electron chi connectivity index (χ4n) is 3.33. The molecular weight excluding hydrogens is 376 g/mol. The molecule has 1 aliphatic heterocycles. The highest BCUT2D eigenvalue weighted by molar-refractivity contribution is 7.92. The Labute approximate surface area is 166 Å². The number of benzene rings is 2. The average Bonchev–Trinajstić information content (AvgIpc) is 2.68. The summed E-state index contributed by atoms with van der Waals surface area (Å²) in [5.74, 6) is 0.671. The maximum Gasteiger partial charge on any atom is 0.251 e. The van der Waals surface area contributed by atoms with Crippen LogP contribution in [0.3, 0.4) is 0 Å². The molecule has 2 aromatic rings. The number of methoxy groups -OCH3 is 1. The Hall–Kier alpha value is -2.54. The van der Waals surface area contributed by atoms with E-state index >= 15 is 0 Å². The van der Waals surface area contributed by atoms with E-state index in [1.807, 2.05) is 38.1 Å². The minimum atomic E-state index is -3.32. The maximum absolute atomic E-state index is 12.8. The summed E-state index contributed by atoms with van der Waals surface area (Å²) in [7, 11) is -1.72. The summed E-state index contributed by atoms with van der Waals surface area (Å²) < 4.78 is 31.5. The summed E-state index contributed by atoms with van der Waals surface area (Å²) in [6.07, 6.45) is 1.50. The average molecular weight is 403 g/mol. The molecule has 0 bridgehead atoms. The highest BCUT2D eigenvalue weighted by Crippen LogP contribution is 2.28. The molecule has 1 N–H and O–H groups in total. The van der Waals surface area contributed by atoms with Crippen LogP contribution in [0.2, 0.25) is 0 Å². The molecule has 2 aromatic carbocycles. The number of aryl methyl sites for hydroxylation is 1. The van der Waals surface area contributed by atoms with E-state index in [4.69, 9.17) is 4.74 Å². The van der Waals surface area contributed by atoms with Crippen LogP contribution >= 0.6 is 0 Å². The SMILES string of the molecule is COc1ccc([C@@H](C)NC(=O)c2ccc(C)c(N3CCCCS3(=O)=O)c2)cc1. The first-order valence-electron chi connectivity index (χ1n) is 9.38. The number of hydrogen-bond acceptors (Lipinski definition) is 4. The van der Waals surface area contributed by atoms with E-state index in [0.29, 0.717) is 24.2 Å². The summed E-state index contributed by atoms with van der Waals surface area (Å²) in [5.41, 5.74) is 2.83. The summed E-state index contributed by atoms with van der Waals surface area (Å²) in [6.45, 7) is 4.22. The molecule has 150 valence electrons. The van der Waals surface area contributed by atoms with Gasteiger partial charge >= 0.3 is 0 Å². The van der Waals surface area contributed by atoms with E-state index in [1.165, 1.54) is 4.31 Å². The van der Waals surface area contributed by atoms with Crippen LogP contribution in [0.4, 0.5) is 5.69 Å². The first-order chi connectivity index (χ1) is 13.3. The van der Waals surface area contributed by atoms with Crippen molar-refractivity contribution in [3.05, 3.63) is 59.2 Å². The van der Waals surface area contributed by atoms with Crippen molar-refractivity contribution < 1.29 is 17.9 Å². The number of nitrogens with zero attached hydrogens (tertiary/aromatic N) is 1. The Balaban J connectivity index is 1.80. The van der Waals surface area contributed by atoms with Crippen molar-refractivity contribution in [2.45, 2.75) is 32.7 Å². The standard InChI is InChI=1S/C21H26N2O4S/c1-15-6-7-18(14-20(15)23-12-4-5-13-28(23,25)26)21(24)22-16(2)17-8-10-19(27-3)11-9-17/h6-11,14,16H,4-5,12-13H2,1-3H3,(H,22,24)/t16-/m1/s1. The molecule has 1 heterocycles. The minimum Gasteiger partial charge on any atom is -0.497 e. The fraction of sp³-hybridized carbons (Fsp3) is 0.381. The van der Waals surface area contributed by atoms with E-state index in [2.05, 4.69) is 5.32 Å². The largest absolute Gasteiger partial charge is 0.497 e. The van der Waals surface area contributed by atoms with Gasteiger partial charge in [0.25, 0.3) is 5.91 Å². The molecule has 0 unspecified atom stereocenters. The number of carbonyl (C=O) groups is 1. The molecule has 0 aliphatic carbocycles. The van der Waals surface area contributed by atoms with Crippen molar-refractivity contribution in [1.82, 2.24) is 5.32 Å². The Bertz CT molecular complexity index is 955. The van der Waals surface area contributed by atoms with Gasteiger partial charge in [-0.2, -0.15) is 0 Å². The lowest BCUT2D eigenvalue weighted by atomic mass is 10.1. The number of sulfonamides is 1. The highest BCUT2D eigenvalue weighted by atomic mass is 32.2. The molecule has 1 fully saturated rings. The molecule has 0 aromatic heterocycles. The topological polar surface area (TPSA) is 75.7 Å². The number of carbonyl (C=O) groups excluding carboxylic acids is 1. The van der Waals surface area contributed by atoms with Gasteiger partial charge in [-0.05, 0) is 62.1 Å². The van der Waals surface area contributed by atoms with E-state index in [9.17, 15) is 13.2 Å². The highest BCUT2D eigenvalue weighted by Gasteiger charge is 2.27. The van der Waals surface area contributed by atoms with E-state index in [0.717, 1.165) is 23.3 Å². The molecule has 0 saturated carbocycles. The summed E-state index contributed by atoms with van der Waals surface area (Å²) in [5, 5.41) is 2.97. The number of rotatable bonds is 5. The molecule has 1 saturated heterocycles. The lowest BCUT2D eigenvalue weighted by Crippen LogP contribution is -2.38. The van der Waals surface area contributed by atoms with Gasteiger partial charge in [0.15, 0.2) is 0 Å². The molecule has 1 atom stereocenters. The second-order valence-electron chi connectivity index (χ2n) is 7.06. The number of nitrogens with one attached hydrogen (secondary N) is 1. The van der Waals surface area contributed by atoms with E-state index in [1.54, 1.807) is 25.3 Å². The van der Waals surface area contributed by atoms with Crippen LogP contribution in [0.25, 0.3) is 0 Å². The van der Waals surface area contributed by atoms with E-state index < -0.39 is 10.0 Å². The van der Waals surface area contributed by atoms with Crippen LogP contribution < -0.4 is 14.4 Å². The summed E-state index contributed by atoms with van der Waals surface area (Å²) in [6, 6.07) is 12.5. The van der Waals surface area contributed by atoms with Crippen molar-refractivity contribution in [3.63, 3.8) is 0 Å². The van der Waals surface area contributed by atoms with Crippen LogP contribution in [-0.4, -0.2) is 33.7 Å². The summed E-state index contributed by atoms with van der Waals surface area (Å²) >= 11 is 0. The molecule has 7 heteroatoms. The predicted octanol–water partition coefficient (Wildman–Crippen LogP) is 3.42. The number of hydrogen-bond donors (Lipinski definition) is 1. The Morgan fingerprint density at radius 3 is 2.50 bits per heavy atom. The van der Waals surface area contributed by atoms with Crippen LogP contribution in [0.15, 0.2) is 42.5 Å². The summed E-state index contributed by atoms with van der Waals surface area (Å²) in [4.78, 5) is 12.8. The Morgan fingerprint density at radius 2 is 1.86 bits per heavy atom. The zero-order valence-corrected chi connectivity index (χ0v) is 17.3. The quantitative estimate of drug-likeness (QED) is 0.831. The number of anilines is 1. The van der Waals surface area contributed by atoms with Gasteiger partial charge in [0, 0.05) is 12.1 Å². The Morgan fingerprint density at radius 1 is 1.14 bits per heavy atom. The monoisotopic (exact) mass is 402 g/mol. The third-order valence-corrected chi connectivity index (χ3v) is 6.91. The van der Waals surface area contributed by atoms with Crippen LogP contribution in [0.5, 0.6) is 5.75 Å². The third-order valence-electron chi connectivity index (χ3n) is 5.05. The van der Waals surface area contributed by atoms with Crippen molar-refractivity contribution in [2.75, 3.05) is 23.7 Å². The molecule has 6 nitrogen and oxygen atoms in total. The zero-order chi connectivity index (χ0) is 20.3. The number of amides is 1. The van der Waals surface area contributed by atoms with Crippen molar-refractivity contribution >= 4 is 21.6 Å². The molecule has 1 amide bonds. The normalized spacial score (nSPS) is 17.0. The smallest absolute Gasteiger partial charge is 0.251 e. The minimum absolute atomic E-state index is 0.150.